The molecule has 0 bridgehead atoms. The number of rotatable bonds is 4. The zero-order chi connectivity index (χ0) is 10.6. The Morgan fingerprint density at radius 2 is 2.20 bits per heavy atom. The minimum Gasteiger partial charge on any atom is -0.315 e. The molecule has 92 valence electrons. The Hall–Kier alpha value is 0.120. The summed E-state index contributed by atoms with van der Waals surface area (Å²) in [5, 5.41) is 3.17. The highest BCUT2D eigenvalue weighted by Crippen LogP contribution is 2.04. The fourth-order valence-corrected chi connectivity index (χ4v) is 2.57. The SMILES string of the molecule is CCN(C)S(=O)(=O)NC1CCCNC1.Cl. The molecule has 0 aromatic rings. The standard InChI is InChI=1S/C8H19N3O2S.ClH/c1-3-11(2)14(12,13)10-8-5-4-6-9-7-8;/h8-10H,3-7H2,1-2H3;1H. The molecule has 1 heterocycles. The molecule has 0 radical (unpaired) electrons. The first-order valence-electron chi connectivity index (χ1n) is 5.00. The molecule has 7 heteroatoms. The van der Waals surface area contributed by atoms with Crippen LogP contribution in [0.25, 0.3) is 0 Å². The fraction of sp³-hybridized carbons (Fsp3) is 1.00. The monoisotopic (exact) mass is 257 g/mol. The Labute approximate surface area is 98.2 Å². The lowest BCUT2D eigenvalue weighted by atomic mass is 10.1. The average molecular weight is 258 g/mol. The van der Waals surface area contributed by atoms with Gasteiger partial charge in [0, 0.05) is 26.2 Å². The van der Waals surface area contributed by atoms with Gasteiger partial charge in [0.1, 0.15) is 0 Å². The Balaban J connectivity index is 0.00000196. The molecule has 0 saturated carbocycles. The Kier molecular flexibility index (Phi) is 6.70. The second kappa shape index (κ2) is 6.65. The van der Waals surface area contributed by atoms with Crippen LogP contribution < -0.4 is 10.0 Å². The molecule has 15 heavy (non-hydrogen) atoms. The van der Waals surface area contributed by atoms with E-state index in [2.05, 4.69) is 10.0 Å². The van der Waals surface area contributed by atoms with E-state index in [9.17, 15) is 8.42 Å². The van der Waals surface area contributed by atoms with Crippen LogP contribution in [0.1, 0.15) is 19.8 Å². The molecule has 0 aromatic carbocycles. The maximum Gasteiger partial charge on any atom is 0.279 e. The van der Waals surface area contributed by atoms with Crippen molar-refractivity contribution in [3.63, 3.8) is 0 Å². The van der Waals surface area contributed by atoms with E-state index in [0.717, 1.165) is 25.9 Å². The van der Waals surface area contributed by atoms with E-state index in [4.69, 9.17) is 0 Å². The summed E-state index contributed by atoms with van der Waals surface area (Å²) in [6.45, 7) is 4.03. The lowest BCUT2D eigenvalue weighted by Crippen LogP contribution is -2.49. The summed E-state index contributed by atoms with van der Waals surface area (Å²) < 4.78 is 27.2. The number of piperidine rings is 1. The zero-order valence-corrected chi connectivity index (χ0v) is 10.8. The molecule has 0 aliphatic carbocycles. The van der Waals surface area contributed by atoms with E-state index in [1.165, 1.54) is 4.31 Å². The van der Waals surface area contributed by atoms with Gasteiger partial charge in [-0.1, -0.05) is 6.92 Å². The van der Waals surface area contributed by atoms with Crippen molar-refractivity contribution in [2.75, 3.05) is 26.7 Å². The van der Waals surface area contributed by atoms with Gasteiger partial charge in [0.25, 0.3) is 10.2 Å². The smallest absolute Gasteiger partial charge is 0.279 e. The Bertz CT molecular complexity index is 265. The summed E-state index contributed by atoms with van der Waals surface area (Å²) in [6, 6.07) is 0.0442. The van der Waals surface area contributed by atoms with E-state index in [1.54, 1.807) is 7.05 Å². The maximum absolute atomic E-state index is 11.6. The van der Waals surface area contributed by atoms with Gasteiger partial charge >= 0.3 is 0 Å². The molecule has 1 saturated heterocycles. The van der Waals surface area contributed by atoms with E-state index in [1.807, 2.05) is 6.92 Å². The third kappa shape index (κ3) is 4.65. The second-order valence-corrected chi connectivity index (χ2v) is 5.39. The first kappa shape index (κ1) is 15.1. The minimum absolute atomic E-state index is 0. The lowest BCUT2D eigenvalue weighted by Gasteiger charge is -2.25. The summed E-state index contributed by atoms with van der Waals surface area (Å²) in [5.74, 6) is 0. The zero-order valence-electron chi connectivity index (χ0n) is 9.19. The minimum atomic E-state index is -3.27. The van der Waals surface area contributed by atoms with Crippen molar-refractivity contribution < 1.29 is 8.42 Å². The molecule has 5 nitrogen and oxygen atoms in total. The molecule has 0 aromatic heterocycles. The molecule has 1 unspecified atom stereocenters. The topological polar surface area (TPSA) is 61.4 Å². The van der Waals surface area contributed by atoms with Gasteiger partial charge in [-0.05, 0) is 19.4 Å². The van der Waals surface area contributed by atoms with Crippen LogP contribution in [0.3, 0.4) is 0 Å². The van der Waals surface area contributed by atoms with Crippen molar-refractivity contribution in [1.29, 1.82) is 0 Å². The van der Waals surface area contributed by atoms with Gasteiger partial charge in [-0.3, -0.25) is 0 Å². The van der Waals surface area contributed by atoms with Crippen LogP contribution in [0.5, 0.6) is 0 Å². The van der Waals surface area contributed by atoms with Gasteiger partial charge in [0.2, 0.25) is 0 Å². The molecular weight excluding hydrogens is 238 g/mol. The van der Waals surface area contributed by atoms with Crippen LogP contribution in [0.2, 0.25) is 0 Å². The number of halogens is 1. The van der Waals surface area contributed by atoms with E-state index in [0.29, 0.717) is 6.54 Å². The van der Waals surface area contributed by atoms with E-state index in [-0.39, 0.29) is 18.4 Å². The van der Waals surface area contributed by atoms with Gasteiger partial charge in [-0.15, -0.1) is 12.4 Å². The maximum atomic E-state index is 11.6. The van der Waals surface area contributed by atoms with Crippen LogP contribution in [0, 0.1) is 0 Å². The van der Waals surface area contributed by atoms with Crippen molar-refractivity contribution in [3.8, 4) is 0 Å². The molecule has 2 N–H and O–H groups in total. The van der Waals surface area contributed by atoms with Crippen molar-refractivity contribution >= 4 is 22.6 Å². The highest BCUT2D eigenvalue weighted by atomic mass is 35.5. The quantitative estimate of drug-likeness (QED) is 0.742. The van der Waals surface area contributed by atoms with Crippen molar-refractivity contribution in [1.82, 2.24) is 14.3 Å². The van der Waals surface area contributed by atoms with Gasteiger partial charge in [0.15, 0.2) is 0 Å². The van der Waals surface area contributed by atoms with Crippen LogP contribution in [0.4, 0.5) is 0 Å². The molecule has 1 rings (SSSR count). The molecule has 1 aliphatic heterocycles. The second-order valence-electron chi connectivity index (χ2n) is 3.58. The first-order valence-corrected chi connectivity index (χ1v) is 6.44. The lowest BCUT2D eigenvalue weighted by molar-refractivity contribution is 0.407. The number of nitrogens with zero attached hydrogens (tertiary/aromatic N) is 1. The van der Waals surface area contributed by atoms with Crippen molar-refractivity contribution in [2.24, 2.45) is 0 Å². The molecule has 1 fully saturated rings. The van der Waals surface area contributed by atoms with Crippen LogP contribution in [-0.4, -0.2) is 45.4 Å². The van der Waals surface area contributed by atoms with Gasteiger partial charge in [0.05, 0.1) is 0 Å². The number of nitrogens with one attached hydrogen (secondary N) is 2. The van der Waals surface area contributed by atoms with Crippen molar-refractivity contribution in [3.05, 3.63) is 0 Å². The van der Waals surface area contributed by atoms with Gasteiger partial charge in [-0.2, -0.15) is 17.4 Å². The van der Waals surface area contributed by atoms with E-state index >= 15 is 0 Å². The molecular formula is C8H20ClN3O2S. The normalized spacial score (nSPS) is 22.5. The third-order valence-electron chi connectivity index (χ3n) is 2.47. The van der Waals surface area contributed by atoms with E-state index < -0.39 is 10.2 Å². The molecule has 0 spiro atoms. The highest BCUT2D eigenvalue weighted by Gasteiger charge is 2.22. The summed E-state index contributed by atoms with van der Waals surface area (Å²) >= 11 is 0. The number of hydrogen-bond acceptors (Lipinski definition) is 3. The summed E-state index contributed by atoms with van der Waals surface area (Å²) in [4.78, 5) is 0. The summed E-state index contributed by atoms with van der Waals surface area (Å²) in [5.41, 5.74) is 0. The van der Waals surface area contributed by atoms with Gasteiger partial charge < -0.3 is 5.32 Å². The first-order chi connectivity index (χ1) is 6.56. The predicted molar refractivity (Wildman–Crippen MR) is 63.5 cm³/mol. The number of hydrogen-bond donors (Lipinski definition) is 2. The Morgan fingerprint density at radius 3 is 2.67 bits per heavy atom. The van der Waals surface area contributed by atoms with Crippen LogP contribution in [-0.2, 0) is 10.2 Å². The molecule has 1 aliphatic rings. The summed E-state index contributed by atoms with van der Waals surface area (Å²) in [7, 11) is -1.68. The largest absolute Gasteiger partial charge is 0.315 e. The van der Waals surface area contributed by atoms with Crippen LogP contribution >= 0.6 is 12.4 Å². The highest BCUT2D eigenvalue weighted by molar-refractivity contribution is 7.87. The fourth-order valence-electron chi connectivity index (χ4n) is 1.42. The average Bonchev–Trinajstić information content (AvgIpc) is 2.17. The summed E-state index contributed by atoms with van der Waals surface area (Å²) in [6.07, 6.45) is 1.95. The molecule has 1 atom stereocenters. The predicted octanol–water partition coefficient (Wildman–Crippen LogP) is -0.0537. The van der Waals surface area contributed by atoms with Crippen LogP contribution in [0.15, 0.2) is 0 Å². The third-order valence-corrected chi connectivity index (χ3v) is 4.18. The van der Waals surface area contributed by atoms with Crippen molar-refractivity contribution in [2.45, 2.75) is 25.8 Å². The Morgan fingerprint density at radius 1 is 1.53 bits per heavy atom. The van der Waals surface area contributed by atoms with Gasteiger partial charge in [-0.25, -0.2) is 0 Å². The molecule has 0 amide bonds.